The summed E-state index contributed by atoms with van der Waals surface area (Å²) in [6.45, 7) is 0.941. The molecule has 3 heteroatoms. The Morgan fingerprint density at radius 2 is 1.71 bits per heavy atom. The second kappa shape index (κ2) is 4.11. The molecule has 0 fully saturated rings. The normalized spacial score (nSPS) is 11.4. The molecular formula is C11H15ClNO+. The quantitative estimate of drug-likeness (QED) is 0.555. The van der Waals surface area contributed by atoms with Crippen molar-refractivity contribution in [3.8, 4) is 0 Å². The summed E-state index contributed by atoms with van der Waals surface area (Å²) >= 11 is 5.35. The molecule has 0 radical (unpaired) electrons. The molecule has 0 spiro atoms. The number of quaternary nitrogens is 1. The van der Waals surface area contributed by atoms with Gasteiger partial charge < -0.3 is 4.48 Å². The number of halogens is 1. The SMILES string of the molecule is C[N+](C)(C)Cc1ccc(C(=O)Cl)cc1. The van der Waals surface area contributed by atoms with Crippen LogP contribution in [0.5, 0.6) is 0 Å². The number of rotatable bonds is 3. The van der Waals surface area contributed by atoms with Gasteiger partial charge in [-0.25, -0.2) is 0 Å². The van der Waals surface area contributed by atoms with E-state index in [1.165, 1.54) is 5.56 Å². The van der Waals surface area contributed by atoms with Crippen LogP contribution in [-0.2, 0) is 6.54 Å². The van der Waals surface area contributed by atoms with E-state index in [1.807, 2.05) is 12.1 Å². The summed E-state index contributed by atoms with van der Waals surface area (Å²) in [5, 5.41) is -0.401. The van der Waals surface area contributed by atoms with Crippen molar-refractivity contribution in [3.05, 3.63) is 35.4 Å². The van der Waals surface area contributed by atoms with Crippen molar-refractivity contribution in [1.82, 2.24) is 0 Å². The van der Waals surface area contributed by atoms with Crippen LogP contribution >= 0.6 is 11.6 Å². The number of nitrogens with zero attached hydrogens (tertiary/aromatic N) is 1. The summed E-state index contributed by atoms with van der Waals surface area (Å²) in [7, 11) is 6.38. The van der Waals surface area contributed by atoms with Gasteiger partial charge >= 0.3 is 0 Å². The third-order valence-corrected chi connectivity index (χ3v) is 2.06. The first-order valence-corrected chi connectivity index (χ1v) is 4.85. The monoisotopic (exact) mass is 212 g/mol. The molecule has 0 saturated carbocycles. The van der Waals surface area contributed by atoms with Gasteiger partial charge in [0.1, 0.15) is 6.54 Å². The largest absolute Gasteiger partial charge is 0.327 e. The molecular weight excluding hydrogens is 198 g/mol. The molecule has 2 nitrogen and oxygen atoms in total. The van der Waals surface area contributed by atoms with E-state index in [-0.39, 0.29) is 0 Å². The summed E-state index contributed by atoms with van der Waals surface area (Å²) in [4.78, 5) is 10.8. The molecule has 1 aromatic carbocycles. The Hall–Kier alpha value is -0.860. The Kier molecular flexibility index (Phi) is 3.29. The molecule has 0 unspecified atom stereocenters. The minimum Gasteiger partial charge on any atom is -0.327 e. The Bertz CT molecular complexity index is 324. The highest BCUT2D eigenvalue weighted by atomic mass is 35.5. The number of hydrogen-bond donors (Lipinski definition) is 0. The molecule has 0 bridgehead atoms. The molecule has 14 heavy (non-hydrogen) atoms. The van der Waals surface area contributed by atoms with Crippen LogP contribution in [0.2, 0.25) is 0 Å². The van der Waals surface area contributed by atoms with E-state index in [9.17, 15) is 4.79 Å². The van der Waals surface area contributed by atoms with Gasteiger partial charge in [-0.05, 0) is 23.7 Å². The van der Waals surface area contributed by atoms with Gasteiger partial charge in [-0.2, -0.15) is 0 Å². The van der Waals surface area contributed by atoms with Crippen molar-refractivity contribution >= 4 is 16.8 Å². The van der Waals surface area contributed by atoms with Crippen LogP contribution in [0.1, 0.15) is 15.9 Å². The van der Waals surface area contributed by atoms with Gasteiger partial charge in [-0.1, -0.05) is 12.1 Å². The molecule has 0 aromatic heterocycles. The van der Waals surface area contributed by atoms with Crippen molar-refractivity contribution in [1.29, 1.82) is 0 Å². The number of hydrogen-bond acceptors (Lipinski definition) is 1. The summed E-state index contributed by atoms with van der Waals surface area (Å²) in [6, 6.07) is 7.42. The van der Waals surface area contributed by atoms with Gasteiger partial charge in [0.25, 0.3) is 5.24 Å². The highest BCUT2D eigenvalue weighted by Crippen LogP contribution is 2.10. The van der Waals surface area contributed by atoms with Gasteiger partial charge in [0, 0.05) is 11.1 Å². The second-order valence-electron chi connectivity index (χ2n) is 4.42. The van der Waals surface area contributed by atoms with Crippen molar-refractivity contribution in [2.24, 2.45) is 0 Å². The Balaban J connectivity index is 2.79. The van der Waals surface area contributed by atoms with Gasteiger partial charge in [0.05, 0.1) is 21.1 Å². The zero-order valence-electron chi connectivity index (χ0n) is 8.75. The minimum absolute atomic E-state index is 0.401. The third kappa shape index (κ3) is 3.48. The van der Waals surface area contributed by atoms with E-state index in [1.54, 1.807) is 12.1 Å². The molecule has 1 aromatic rings. The van der Waals surface area contributed by atoms with E-state index >= 15 is 0 Å². The lowest BCUT2D eigenvalue weighted by atomic mass is 10.1. The maximum atomic E-state index is 10.8. The maximum Gasteiger partial charge on any atom is 0.252 e. The van der Waals surface area contributed by atoms with Crippen LogP contribution in [0.25, 0.3) is 0 Å². The second-order valence-corrected chi connectivity index (χ2v) is 4.76. The fraction of sp³-hybridized carbons (Fsp3) is 0.364. The third-order valence-electron chi connectivity index (χ3n) is 1.84. The lowest BCUT2D eigenvalue weighted by Gasteiger charge is -2.23. The molecule has 0 saturated heterocycles. The summed E-state index contributed by atoms with van der Waals surface area (Å²) in [5.41, 5.74) is 1.76. The molecule has 0 amide bonds. The summed E-state index contributed by atoms with van der Waals surface area (Å²) in [5.74, 6) is 0. The van der Waals surface area contributed by atoms with Crippen molar-refractivity contribution in [3.63, 3.8) is 0 Å². The van der Waals surface area contributed by atoms with Crippen molar-refractivity contribution in [2.45, 2.75) is 6.54 Å². The first kappa shape index (κ1) is 11.2. The van der Waals surface area contributed by atoms with Crippen molar-refractivity contribution in [2.75, 3.05) is 21.1 Å². The van der Waals surface area contributed by atoms with Gasteiger partial charge in [-0.15, -0.1) is 0 Å². The average molecular weight is 213 g/mol. The van der Waals surface area contributed by atoms with Gasteiger partial charge in [-0.3, -0.25) is 4.79 Å². The van der Waals surface area contributed by atoms with E-state index in [0.717, 1.165) is 11.0 Å². The first-order valence-electron chi connectivity index (χ1n) is 4.48. The minimum atomic E-state index is -0.401. The van der Waals surface area contributed by atoms with Crippen LogP contribution in [0.4, 0.5) is 0 Å². The fourth-order valence-corrected chi connectivity index (χ4v) is 1.41. The first-order chi connectivity index (χ1) is 6.38. The molecule has 0 aliphatic heterocycles. The van der Waals surface area contributed by atoms with Crippen LogP contribution < -0.4 is 0 Å². The molecule has 0 aliphatic carbocycles. The van der Waals surface area contributed by atoms with Crippen LogP contribution in [0, 0.1) is 0 Å². The predicted octanol–water partition coefficient (Wildman–Crippen LogP) is 2.27. The lowest BCUT2D eigenvalue weighted by molar-refractivity contribution is -0.884. The Labute approximate surface area is 89.7 Å². The molecule has 76 valence electrons. The molecule has 0 N–H and O–H groups in total. The van der Waals surface area contributed by atoms with E-state index < -0.39 is 5.24 Å². The molecule has 0 atom stereocenters. The van der Waals surface area contributed by atoms with Crippen LogP contribution in [0.3, 0.4) is 0 Å². The molecule has 0 aliphatic rings. The van der Waals surface area contributed by atoms with Crippen LogP contribution in [-0.4, -0.2) is 30.9 Å². The number of carbonyl (C=O) groups excluding carboxylic acids is 1. The maximum absolute atomic E-state index is 10.8. The summed E-state index contributed by atoms with van der Waals surface area (Å²) in [6.07, 6.45) is 0. The topological polar surface area (TPSA) is 17.1 Å². The number of benzene rings is 1. The van der Waals surface area contributed by atoms with E-state index in [0.29, 0.717) is 5.56 Å². The summed E-state index contributed by atoms with van der Waals surface area (Å²) < 4.78 is 0.869. The fourth-order valence-electron chi connectivity index (χ4n) is 1.29. The van der Waals surface area contributed by atoms with Gasteiger partial charge in [0.15, 0.2) is 0 Å². The average Bonchev–Trinajstić information content (AvgIpc) is 2.02. The van der Waals surface area contributed by atoms with Crippen molar-refractivity contribution < 1.29 is 9.28 Å². The highest BCUT2D eigenvalue weighted by Gasteiger charge is 2.08. The lowest BCUT2D eigenvalue weighted by Crippen LogP contribution is -2.33. The number of carbonyl (C=O) groups is 1. The zero-order chi connectivity index (χ0) is 10.8. The standard InChI is InChI=1S/C11H15ClNO/c1-13(2,3)8-9-4-6-10(7-5-9)11(12)14/h4-7H,8H2,1-3H3/q+1. The highest BCUT2D eigenvalue weighted by molar-refractivity contribution is 6.67. The van der Waals surface area contributed by atoms with Gasteiger partial charge in [0.2, 0.25) is 0 Å². The van der Waals surface area contributed by atoms with E-state index in [4.69, 9.17) is 11.6 Å². The smallest absolute Gasteiger partial charge is 0.252 e. The predicted molar refractivity (Wildman–Crippen MR) is 58.4 cm³/mol. The molecule has 0 heterocycles. The zero-order valence-corrected chi connectivity index (χ0v) is 9.51. The van der Waals surface area contributed by atoms with Crippen LogP contribution in [0.15, 0.2) is 24.3 Å². The Morgan fingerprint density at radius 3 is 2.07 bits per heavy atom. The Morgan fingerprint density at radius 1 is 1.21 bits per heavy atom. The van der Waals surface area contributed by atoms with E-state index in [2.05, 4.69) is 21.1 Å². The molecule has 1 rings (SSSR count).